The van der Waals surface area contributed by atoms with Crippen molar-refractivity contribution in [2.24, 2.45) is 5.73 Å². The molecule has 0 aromatic heterocycles. The molecule has 2 rings (SSSR count). The Morgan fingerprint density at radius 2 is 1.76 bits per heavy atom. The second-order valence-electron chi connectivity index (χ2n) is 4.83. The maximum Gasteiger partial charge on any atom is 0.220 e. The molecule has 2 aromatic rings. The molecule has 0 aliphatic rings. The Morgan fingerprint density at radius 1 is 1.05 bits per heavy atom. The van der Waals surface area contributed by atoms with Gasteiger partial charge in [-0.2, -0.15) is 0 Å². The van der Waals surface area contributed by atoms with E-state index in [9.17, 15) is 4.79 Å². The number of nitrogens with one attached hydrogen (secondary N) is 1. The van der Waals surface area contributed by atoms with Gasteiger partial charge in [-0.15, -0.1) is 0 Å². The van der Waals surface area contributed by atoms with E-state index in [0.717, 1.165) is 17.5 Å². The van der Waals surface area contributed by atoms with Crippen LogP contribution in [-0.2, 0) is 17.8 Å². The lowest BCUT2D eigenvalue weighted by atomic mass is 10.1. The van der Waals surface area contributed by atoms with Crippen LogP contribution in [0, 0.1) is 0 Å². The molecule has 0 unspecified atom stereocenters. The average molecular weight is 298 g/mol. The smallest absolute Gasteiger partial charge is 0.220 e. The number of thiocarbonyl (C=S) groups is 1. The summed E-state index contributed by atoms with van der Waals surface area (Å²) >= 11 is 4.94. The molecule has 0 atom stereocenters. The number of carbonyl (C=O) groups is 1. The summed E-state index contributed by atoms with van der Waals surface area (Å²) < 4.78 is 0. The molecule has 3 N–H and O–H groups in total. The predicted molar refractivity (Wildman–Crippen MR) is 88.9 cm³/mol. The van der Waals surface area contributed by atoms with E-state index in [2.05, 4.69) is 5.32 Å². The molecule has 0 bridgehead atoms. The molecule has 0 radical (unpaired) electrons. The first-order chi connectivity index (χ1) is 10.1. The second kappa shape index (κ2) is 7.55. The SMILES string of the molecule is NC(=S)c1cccc(CNC(=O)CCc2ccccc2)c1. The molecule has 0 saturated heterocycles. The van der Waals surface area contributed by atoms with Crippen molar-refractivity contribution in [2.75, 3.05) is 0 Å². The number of hydrogen-bond donors (Lipinski definition) is 2. The average Bonchev–Trinajstić information content (AvgIpc) is 2.52. The number of aryl methyl sites for hydroxylation is 1. The molecule has 2 aromatic carbocycles. The van der Waals surface area contributed by atoms with E-state index in [4.69, 9.17) is 18.0 Å². The minimum atomic E-state index is 0.0413. The Kier molecular flexibility index (Phi) is 5.46. The highest BCUT2D eigenvalue weighted by molar-refractivity contribution is 7.80. The maximum atomic E-state index is 11.8. The molecule has 0 aliphatic heterocycles. The zero-order chi connectivity index (χ0) is 15.1. The van der Waals surface area contributed by atoms with E-state index in [0.29, 0.717) is 18.0 Å². The highest BCUT2D eigenvalue weighted by Gasteiger charge is 2.03. The van der Waals surface area contributed by atoms with Crippen molar-refractivity contribution in [2.45, 2.75) is 19.4 Å². The van der Waals surface area contributed by atoms with Gasteiger partial charge in [0.2, 0.25) is 5.91 Å². The van der Waals surface area contributed by atoms with Crippen LogP contribution in [0.2, 0.25) is 0 Å². The van der Waals surface area contributed by atoms with Crippen molar-refractivity contribution in [3.63, 3.8) is 0 Å². The van der Waals surface area contributed by atoms with Gasteiger partial charge in [0, 0.05) is 18.5 Å². The summed E-state index contributed by atoms with van der Waals surface area (Å²) in [6.07, 6.45) is 1.23. The summed E-state index contributed by atoms with van der Waals surface area (Å²) in [6.45, 7) is 0.490. The molecule has 108 valence electrons. The Labute approximate surface area is 130 Å². The summed E-state index contributed by atoms with van der Waals surface area (Å²) in [4.78, 5) is 12.2. The molecule has 21 heavy (non-hydrogen) atoms. The summed E-state index contributed by atoms with van der Waals surface area (Å²) in [6, 6.07) is 17.6. The minimum absolute atomic E-state index is 0.0413. The summed E-state index contributed by atoms with van der Waals surface area (Å²) in [7, 11) is 0. The lowest BCUT2D eigenvalue weighted by Crippen LogP contribution is -2.23. The first-order valence-electron chi connectivity index (χ1n) is 6.84. The standard InChI is InChI=1S/C17H18N2OS/c18-17(21)15-8-4-7-14(11-15)12-19-16(20)10-9-13-5-2-1-3-6-13/h1-8,11H,9-10,12H2,(H2,18,21)(H,19,20). The summed E-state index contributed by atoms with van der Waals surface area (Å²) in [5.74, 6) is 0.0413. The molecular weight excluding hydrogens is 280 g/mol. The molecule has 3 nitrogen and oxygen atoms in total. The van der Waals surface area contributed by atoms with Gasteiger partial charge in [-0.1, -0.05) is 60.7 Å². The normalized spacial score (nSPS) is 10.1. The lowest BCUT2D eigenvalue weighted by molar-refractivity contribution is -0.121. The maximum absolute atomic E-state index is 11.8. The van der Waals surface area contributed by atoms with Gasteiger partial charge in [-0.05, 0) is 23.6 Å². The third kappa shape index (κ3) is 5.00. The van der Waals surface area contributed by atoms with E-state index in [1.54, 1.807) is 0 Å². The van der Waals surface area contributed by atoms with Gasteiger partial charge in [0.15, 0.2) is 0 Å². The van der Waals surface area contributed by atoms with Crippen molar-refractivity contribution in [3.05, 3.63) is 71.3 Å². The van der Waals surface area contributed by atoms with Gasteiger partial charge < -0.3 is 11.1 Å². The number of benzene rings is 2. The summed E-state index contributed by atoms with van der Waals surface area (Å²) in [5, 5.41) is 2.91. The van der Waals surface area contributed by atoms with E-state index in [1.807, 2.05) is 54.6 Å². The van der Waals surface area contributed by atoms with Gasteiger partial charge >= 0.3 is 0 Å². The van der Waals surface area contributed by atoms with Crippen LogP contribution in [0.4, 0.5) is 0 Å². The fourth-order valence-electron chi connectivity index (χ4n) is 2.03. The van der Waals surface area contributed by atoms with E-state index in [1.165, 1.54) is 5.56 Å². The Hall–Kier alpha value is -2.20. The van der Waals surface area contributed by atoms with Gasteiger partial charge in [0.05, 0.1) is 0 Å². The number of rotatable bonds is 6. The first-order valence-corrected chi connectivity index (χ1v) is 7.25. The van der Waals surface area contributed by atoms with Gasteiger partial charge in [0.25, 0.3) is 0 Å². The predicted octanol–water partition coefficient (Wildman–Crippen LogP) is 2.57. The van der Waals surface area contributed by atoms with Crippen LogP contribution >= 0.6 is 12.2 Å². The zero-order valence-corrected chi connectivity index (χ0v) is 12.5. The molecule has 1 amide bonds. The monoisotopic (exact) mass is 298 g/mol. The Balaban J connectivity index is 1.81. The van der Waals surface area contributed by atoms with Gasteiger partial charge in [-0.3, -0.25) is 4.79 Å². The van der Waals surface area contributed by atoms with Crippen LogP contribution in [0.1, 0.15) is 23.1 Å². The zero-order valence-electron chi connectivity index (χ0n) is 11.7. The van der Waals surface area contributed by atoms with Crippen molar-refractivity contribution in [1.82, 2.24) is 5.32 Å². The third-order valence-corrected chi connectivity index (χ3v) is 3.42. The van der Waals surface area contributed by atoms with Crippen LogP contribution in [0.5, 0.6) is 0 Å². The molecule has 0 aliphatic carbocycles. The quantitative estimate of drug-likeness (QED) is 0.806. The largest absolute Gasteiger partial charge is 0.389 e. The molecule has 0 heterocycles. The number of amides is 1. The molecule has 0 spiro atoms. The van der Waals surface area contributed by atoms with Crippen LogP contribution in [0.15, 0.2) is 54.6 Å². The molecule has 0 saturated carbocycles. The van der Waals surface area contributed by atoms with Crippen molar-refractivity contribution in [1.29, 1.82) is 0 Å². The highest BCUT2D eigenvalue weighted by atomic mass is 32.1. The van der Waals surface area contributed by atoms with Crippen molar-refractivity contribution in [3.8, 4) is 0 Å². The fourth-order valence-corrected chi connectivity index (χ4v) is 2.15. The number of nitrogens with two attached hydrogens (primary N) is 1. The van der Waals surface area contributed by atoms with Crippen LogP contribution in [0.25, 0.3) is 0 Å². The van der Waals surface area contributed by atoms with Crippen LogP contribution < -0.4 is 11.1 Å². The van der Waals surface area contributed by atoms with Gasteiger partial charge in [0.1, 0.15) is 4.99 Å². The van der Waals surface area contributed by atoms with Gasteiger partial charge in [-0.25, -0.2) is 0 Å². The first kappa shape index (κ1) is 15.2. The van der Waals surface area contributed by atoms with Crippen LogP contribution in [0.3, 0.4) is 0 Å². The second-order valence-corrected chi connectivity index (χ2v) is 5.27. The van der Waals surface area contributed by atoms with Crippen LogP contribution in [-0.4, -0.2) is 10.9 Å². The number of hydrogen-bond acceptors (Lipinski definition) is 2. The topological polar surface area (TPSA) is 55.1 Å². The fraction of sp³-hybridized carbons (Fsp3) is 0.176. The third-order valence-electron chi connectivity index (χ3n) is 3.18. The molecule has 0 fully saturated rings. The summed E-state index contributed by atoms with van der Waals surface area (Å²) in [5.41, 5.74) is 8.58. The van der Waals surface area contributed by atoms with Crippen molar-refractivity contribution < 1.29 is 4.79 Å². The Bertz CT molecular complexity index is 626. The Morgan fingerprint density at radius 3 is 2.48 bits per heavy atom. The molecular formula is C17H18N2OS. The number of carbonyl (C=O) groups excluding carboxylic acids is 1. The minimum Gasteiger partial charge on any atom is -0.389 e. The lowest BCUT2D eigenvalue weighted by Gasteiger charge is -2.07. The van der Waals surface area contributed by atoms with E-state index < -0.39 is 0 Å². The highest BCUT2D eigenvalue weighted by Crippen LogP contribution is 2.06. The van der Waals surface area contributed by atoms with E-state index >= 15 is 0 Å². The molecule has 4 heteroatoms. The van der Waals surface area contributed by atoms with Crippen molar-refractivity contribution >= 4 is 23.1 Å². The van der Waals surface area contributed by atoms with E-state index in [-0.39, 0.29) is 5.91 Å².